The number of amides is 1. The summed E-state index contributed by atoms with van der Waals surface area (Å²) in [4.78, 5) is 17.3. The zero-order chi connectivity index (χ0) is 17.6. The third-order valence-electron chi connectivity index (χ3n) is 4.83. The second-order valence-electron chi connectivity index (χ2n) is 6.57. The van der Waals surface area contributed by atoms with Gasteiger partial charge in [-0.2, -0.15) is 10.2 Å². The lowest BCUT2D eigenvalue weighted by molar-refractivity contribution is -0.135. The molecule has 1 saturated heterocycles. The highest BCUT2D eigenvalue weighted by molar-refractivity contribution is 5.80. The summed E-state index contributed by atoms with van der Waals surface area (Å²) in [6.07, 6.45) is 9.43. The van der Waals surface area contributed by atoms with Crippen LogP contribution < -0.4 is 0 Å². The Labute approximate surface area is 149 Å². The van der Waals surface area contributed by atoms with Crippen LogP contribution >= 0.6 is 0 Å². The number of aryl methyl sites for hydroxylation is 1. The van der Waals surface area contributed by atoms with Crippen molar-refractivity contribution < 1.29 is 4.79 Å². The molecule has 7 nitrogen and oxygen atoms in total. The van der Waals surface area contributed by atoms with Crippen molar-refractivity contribution in [1.82, 2.24) is 29.4 Å². The molecule has 0 radical (unpaired) electrons. The number of aromatic nitrogens is 4. The maximum Gasteiger partial charge on any atom is 0.247 e. The number of hydrogen-bond donors (Lipinski definition) is 0. The smallest absolute Gasteiger partial charge is 0.247 e. The van der Waals surface area contributed by atoms with E-state index in [4.69, 9.17) is 0 Å². The fourth-order valence-electron chi connectivity index (χ4n) is 3.42. The van der Waals surface area contributed by atoms with Crippen LogP contribution in [0.15, 0.2) is 30.9 Å². The molecule has 2 aromatic rings. The van der Waals surface area contributed by atoms with E-state index in [1.54, 1.807) is 10.9 Å². The monoisotopic (exact) mass is 344 g/mol. The molecule has 7 heteroatoms. The first kappa shape index (κ1) is 17.7. The van der Waals surface area contributed by atoms with Crippen molar-refractivity contribution in [3.63, 3.8) is 0 Å². The molecule has 1 aliphatic heterocycles. The predicted octanol–water partition coefficient (Wildman–Crippen LogP) is 1.79. The van der Waals surface area contributed by atoms with E-state index < -0.39 is 0 Å². The number of nitrogens with zero attached hydrogens (tertiary/aromatic N) is 6. The van der Waals surface area contributed by atoms with Gasteiger partial charge in [0.15, 0.2) is 0 Å². The van der Waals surface area contributed by atoms with Gasteiger partial charge in [-0.1, -0.05) is 6.92 Å². The van der Waals surface area contributed by atoms with Crippen molar-refractivity contribution in [1.29, 1.82) is 0 Å². The van der Waals surface area contributed by atoms with Gasteiger partial charge < -0.3 is 4.90 Å². The standard InChI is InChI=1S/C18H28N6O/c1-3-17(24-10-5-7-19-24)18(25)22-9-6-8-21(11-12-22)14-16-13-20-23(4-2)15-16/h5,7,10,13,15,17H,3-4,6,8-9,11-12,14H2,1-2H3. The Morgan fingerprint density at radius 3 is 2.76 bits per heavy atom. The fourth-order valence-corrected chi connectivity index (χ4v) is 3.42. The molecule has 1 atom stereocenters. The molecule has 1 fully saturated rings. The molecule has 1 unspecified atom stereocenters. The Bertz CT molecular complexity index is 665. The van der Waals surface area contributed by atoms with Crippen LogP contribution in [0.2, 0.25) is 0 Å². The lowest BCUT2D eigenvalue weighted by atomic mass is 10.2. The van der Waals surface area contributed by atoms with Crippen molar-refractivity contribution in [2.24, 2.45) is 0 Å². The maximum absolute atomic E-state index is 12.9. The predicted molar refractivity (Wildman–Crippen MR) is 95.9 cm³/mol. The Hall–Kier alpha value is -2.15. The summed E-state index contributed by atoms with van der Waals surface area (Å²) < 4.78 is 3.74. The average Bonchev–Trinajstić information content (AvgIpc) is 3.24. The Kier molecular flexibility index (Phi) is 5.86. The van der Waals surface area contributed by atoms with Gasteiger partial charge in [-0.05, 0) is 25.8 Å². The highest BCUT2D eigenvalue weighted by Gasteiger charge is 2.26. The molecule has 3 heterocycles. The van der Waals surface area contributed by atoms with Gasteiger partial charge in [-0.15, -0.1) is 0 Å². The van der Waals surface area contributed by atoms with E-state index >= 15 is 0 Å². The van der Waals surface area contributed by atoms with Gasteiger partial charge in [0.05, 0.1) is 6.20 Å². The van der Waals surface area contributed by atoms with Gasteiger partial charge in [0.1, 0.15) is 6.04 Å². The molecule has 0 N–H and O–H groups in total. The van der Waals surface area contributed by atoms with Gasteiger partial charge in [0.2, 0.25) is 5.91 Å². The Morgan fingerprint density at radius 2 is 2.08 bits per heavy atom. The summed E-state index contributed by atoms with van der Waals surface area (Å²) in [6.45, 7) is 9.44. The minimum Gasteiger partial charge on any atom is -0.340 e. The number of carbonyl (C=O) groups excluding carboxylic acids is 1. The molecule has 1 aliphatic rings. The first-order valence-electron chi connectivity index (χ1n) is 9.22. The minimum atomic E-state index is -0.190. The second-order valence-corrected chi connectivity index (χ2v) is 6.57. The first-order valence-corrected chi connectivity index (χ1v) is 9.22. The lowest BCUT2D eigenvalue weighted by Gasteiger charge is -2.26. The van der Waals surface area contributed by atoms with Crippen molar-refractivity contribution in [2.75, 3.05) is 26.2 Å². The van der Waals surface area contributed by atoms with Gasteiger partial charge in [-0.25, -0.2) is 0 Å². The summed E-state index contributed by atoms with van der Waals surface area (Å²) in [6, 6.07) is 1.68. The molecule has 0 saturated carbocycles. The quantitative estimate of drug-likeness (QED) is 0.802. The van der Waals surface area contributed by atoms with Gasteiger partial charge in [0, 0.05) is 63.4 Å². The van der Waals surface area contributed by atoms with Crippen LogP contribution in [0.5, 0.6) is 0 Å². The maximum atomic E-state index is 12.9. The van der Waals surface area contributed by atoms with Crippen LogP contribution in [0.3, 0.4) is 0 Å². The lowest BCUT2D eigenvalue weighted by Crippen LogP contribution is -2.39. The molecule has 0 bridgehead atoms. The van der Waals surface area contributed by atoms with E-state index in [9.17, 15) is 4.79 Å². The largest absolute Gasteiger partial charge is 0.340 e. The zero-order valence-corrected chi connectivity index (χ0v) is 15.2. The average molecular weight is 344 g/mol. The van der Waals surface area contributed by atoms with Crippen molar-refractivity contribution in [3.8, 4) is 0 Å². The molecule has 0 spiro atoms. The fraction of sp³-hybridized carbons (Fsp3) is 0.611. The summed E-state index contributed by atoms with van der Waals surface area (Å²) in [7, 11) is 0. The summed E-state index contributed by atoms with van der Waals surface area (Å²) >= 11 is 0. The summed E-state index contributed by atoms with van der Waals surface area (Å²) in [5.74, 6) is 0.187. The van der Waals surface area contributed by atoms with E-state index in [2.05, 4.69) is 28.2 Å². The number of hydrogen-bond acceptors (Lipinski definition) is 4. The molecular formula is C18H28N6O. The summed E-state index contributed by atoms with van der Waals surface area (Å²) in [5, 5.41) is 8.60. The molecular weight excluding hydrogens is 316 g/mol. The van der Waals surface area contributed by atoms with E-state index in [0.717, 1.165) is 52.1 Å². The third-order valence-corrected chi connectivity index (χ3v) is 4.83. The van der Waals surface area contributed by atoms with E-state index in [1.165, 1.54) is 5.56 Å². The van der Waals surface area contributed by atoms with Crippen LogP contribution in [0.25, 0.3) is 0 Å². The molecule has 0 aliphatic carbocycles. The topological polar surface area (TPSA) is 59.2 Å². The number of carbonyl (C=O) groups is 1. The third kappa shape index (κ3) is 4.28. The van der Waals surface area contributed by atoms with Crippen molar-refractivity contribution in [3.05, 3.63) is 36.4 Å². The normalized spacial score (nSPS) is 17.4. The second kappa shape index (κ2) is 8.29. The Balaban J connectivity index is 1.58. The molecule has 0 aromatic carbocycles. The van der Waals surface area contributed by atoms with Crippen LogP contribution in [0.1, 0.15) is 38.3 Å². The molecule has 25 heavy (non-hydrogen) atoms. The van der Waals surface area contributed by atoms with Crippen LogP contribution in [-0.2, 0) is 17.9 Å². The minimum absolute atomic E-state index is 0.187. The van der Waals surface area contributed by atoms with E-state index in [0.29, 0.717) is 0 Å². The van der Waals surface area contributed by atoms with E-state index in [-0.39, 0.29) is 11.9 Å². The van der Waals surface area contributed by atoms with Crippen LogP contribution in [0, 0.1) is 0 Å². The van der Waals surface area contributed by atoms with Crippen molar-refractivity contribution in [2.45, 2.75) is 45.8 Å². The van der Waals surface area contributed by atoms with Gasteiger partial charge >= 0.3 is 0 Å². The molecule has 3 rings (SSSR count). The first-order chi connectivity index (χ1) is 12.2. The highest BCUT2D eigenvalue weighted by atomic mass is 16.2. The van der Waals surface area contributed by atoms with Gasteiger partial charge in [0.25, 0.3) is 0 Å². The Morgan fingerprint density at radius 1 is 1.20 bits per heavy atom. The molecule has 1 amide bonds. The summed E-state index contributed by atoms with van der Waals surface area (Å²) in [5.41, 5.74) is 1.24. The number of rotatable bonds is 6. The molecule has 136 valence electrons. The van der Waals surface area contributed by atoms with Crippen LogP contribution in [0.4, 0.5) is 0 Å². The highest BCUT2D eigenvalue weighted by Crippen LogP contribution is 2.16. The van der Waals surface area contributed by atoms with Crippen molar-refractivity contribution >= 4 is 5.91 Å². The van der Waals surface area contributed by atoms with Crippen LogP contribution in [-0.4, -0.2) is 61.4 Å². The SMILES string of the molecule is CCC(C(=O)N1CCCN(Cc2cnn(CC)c2)CC1)n1cccn1. The van der Waals surface area contributed by atoms with E-state index in [1.807, 2.05) is 35.0 Å². The zero-order valence-electron chi connectivity index (χ0n) is 15.2. The van der Waals surface area contributed by atoms with Gasteiger partial charge in [-0.3, -0.25) is 19.1 Å². The molecule has 2 aromatic heterocycles.